The van der Waals surface area contributed by atoms with E-state index in [2.05, 4.69) is 33.9 Å². The van der Waals surface area contributed by atoms with Gasteiger partial charge in [-0.3, -0.25) is 9.78 Å². The summed E-state index contributed by atoms with van der Waals surface area (Å²) in [5.41, 5.74) is 3.75. The Kier molecular flexibility index (Phi) is 6.57. The summed E-state index contributed by atoms with van der Waals surface area (Å²) in [5, 5.41) is 2.97. The van der Waals surface area contributed by atoms with E-state index in [0.29, 0.717) is 18.7 Å². The number of hydrogen-bond donors (Lipinski definition) is 1. The van der Waals surface area contributed by atoms with Crippen LogP contribution in [-0.4, -0.2) is 27.0 Å². The number of ether oxygens (including phenoxy) is 1. The lowest BCUT2D eigenvalue weighted by atomic mass is 10.2. The van der Waals surface area contributed by atoms with E-state index in [-0.39, 0.29) is 5.91 Å². The second-order valence-corrected chi connectivity index (χ2v) is 7.41. The first kappa shape index (κ1) is 20.6. The van der Waals surface area contributed by atoms with Crippen LogP contribution >= 0.6 is 0 Å². The van der Waals surface area contributed by atoms with Gasteiger partial charge in [0.2, 0.25) is 0 Å². The first-order valence-electron chi connectivity index (χ1n) is 10.5. The molecule has 0 spiro atoms. The third kappa shape index (κ3) is 5.09. The van der Waals surface area contributed by atoms with Crippen LogP contribution < -0.4 is 10.1 Å². The zero-order valence-electron chi connectivity index (χ0n) is 17.6. The number of nitrogens with zero attached hydrogens (tertiary/aromatic N) is 3. The molecule has 0 aliphatic carbocycles. The number of carbonyl (C=O) groups excluding carboxylic acids is 1. The molecule has 0 unspecified atom stereocenters. The van der Waals surface area contributed by atoms with Gasteiger partial charge >= 0.3 is 0 Å². The molecule has 0 aliphatic rings. The molecule has 6 nitrogen and oxygen atoms in total. The summed E-state index contributed by atoms with van der Waals surface area (Å²) < 4.78 is 8.11. The van der Waals surface area contributed by atoms with Crippen LogP contribution in [0.5, 0.6) is 5.75 Å². The largest absolute Gasteiger partial charge is 0.493 e. The summed E-state index contributed by atoms with van der Waals surface area (Å²) in [6.45, 7) is 3.92. The first-order chi connectivity index (χ1) is 15.2. The number of benzene rings is 2. The summed E-state index contributed by atoms with van der Waals surface area (Å²) in [6, 6.07) is 19.5. The molecule has 0 aliphatic heterocycles. The Morgan fingerprint density at radius 3 is 2.61 bits per heavy atom. The van der Waals surface area contributed by atoms with Crippen LogP contribution in [0.3, 0.4) is 0 Å². The fraction of sp³-hybridized carbons (Fsp3) is 0.240. The molecule has 1 N–H and O–H groups in total. The normalized spacial score (nSPS) is 10.9. The van der Waals surface area contributed by atoms with Crippen molar-refractivity contribution in [1.82, 2.24) is 19.9 Å². The molecule has 0 saturated carbocycles. The number of fused-ring (bicyclic) bond motifs is 1. The molecule has 2 aromatic heterocycles. The number of amides is 1. The van der Waals surface area contributed by atoms with E-state index in [9.17, 15) is 4.79 Å². The van der Waals surface area contributed by atoms with Gasteiger partial charge in [0.25, 0.3) is 5.91 Å². The van der Waals surface area contributed by atoms with Crippen LogP contribution in [0.15, 0.2) is 73.1 Å². The SMILES string of the molecule is Cc1ccccc1OCCCCn1c(CNC(=O)c2ccncc2)nc2ccccc21. The number of aryl methyl sites for hydroxylation is 2. The number of aromatic nitrogens is 3. The predicted molar refractivity (Wildman–Crippen MR) is 121 cm³/mol. The van der Waals surface area contributed by atoms with Crippen molar-refractivity contribution < 1.29 is 9.53 Å². The fourth-order valence-corrected chi connectivity index (χ4v) is 3.55. The van der Waals surface area contributed by atoms with E-state index in [4.69, 9.17) is 9.72 Å². The maximum Gasteiger partial charge on any atom is 0.251 e. The summed E-state index contributed by atoms with van der Waals surface area (Å²) in [5.74, 6) is 1.66. The highest BCUT2D eigenvalue weighted by atomic mass is 16.5. The molecule has 31 heavy (non-hydrogen) atoms. The second kappa shape index (κ2) is 9.89. The Hall–Kier alpha value is -3.67. The van der Waals surface area contributed by atoms with E-state index in [1.165, 1.54) is 0 Å². The lowest BCUT2D eigenvalue weighted by Crippen LogP contribution is -2.24. The highest BCUT2D eigenvalue weighted by molar-refractivity contribution is 5.93. The van der Waals surface area contributed by atoms with Crippen LogP contribution in [-0.2, 0) is 13.1 Å². The minimum Gasteiger partial charge on any atom is -0.493 e. The van der Waals surface area contributed by atoms with Crippen molar-refractivity contribution in [3.05, 3.63) is 90.0 Å². The topological polar surface area (TPSA) is 69.0 Å². The van der Waals surface area contributed by atoms with Gasteiger partial charge in [-0.2, -0.15) is 0 Å². The van der Waals surface area contributed by atoms with Crippen molar-refractivity contribution in [2.75, 3.05) is 6.61 Å². The summed E-state index contributed by atoms with van der Waals surface area (Å²) >= 11 is 0. The molecule has 1 amide bonds. The maximum absolute atomic E-state index is 12.4. The molecule has 2 heterocycles. The summed E-state index contributed by atoms with van der Waals surface area (Å²) in [6.07, 6.45) is 5.12. The number of imidazole rings is 1. The Bertz CT molecular complexity index is 1150. The molecule has 0 fully saturated rings. The van der Waals surface area contributed by atoms with Gasteiger partial charge in [0, 0.05) is 24.5 Å². The van der Waals surface area contributed by atoms with Crippen LogP contribution in [0.4, 0.5) is 0 Å². The van der Waals surface area contributed by atoms with E-state index in [1.54, 1.807) is 24.5 Å². The minimum atomic E-state index is -0.132. The van der Waals surface area contributed by atoms with Crippen molar-refractivity contribution in [3.8, 4) is 5.75 Å². The lowest BCUT2D eigenvalue weighted by molar-refractivity contribution is 0.0949. The second-order valence-electron chi connectivity index (χ2n) is 7.41. The third-order valence-electron chi connectivity index (χ3n) is 5.21. The predicted octanol–water partition coefficient (Wildman–Crippen LogP) is 4.53. The average Bonchev–Trinajstić information content (AvgIpc) is 3.16. The van der Waals surface area contributed by atoms with Gasteiger partial charge in [0.1, 0.15) is 11.6 Å². The Balaban J connectivity index is 1.38. The van der Waals surface area contributed by atoms with Crippen LogP contribution in [0.1, 0.15) is 34.6 Å². The highest BCUT2D eigenvalue weighted by Gasteiger charge is 2.12. The van der Waals surface area contributed by atoms with Crippen LogP contribution in [0, 0.1) is 6.92 Å². The third-order valence-corrected chi connectivity index (χ3v) is 5.21. The van der Waals surface area contributed by atoms with E-state index < -0.39 is 0 Å². The molecule has 4 rings (SSSR count). The summed E-state index contributed by atoms with van der Waals surface area (Å²) in [4.78, 5) is 21.1. The maximum atomic E-state index is 12.4. The zero-order valence-corrected chi connectivity index (χ0v) is 17.6. The van der Waals surface area contributed by atoms with Crippen molar-refractivity contribution in [3.63, 3.8) is 0 Å². The number of carbonyl (C=O) groups is 1. The molecule has 0 radical (unpaired) electrons. The molecule has 4 aromatic rings. The van der Waals surface area contributed by atoms with Gasteiger partial charge in [0.05, 0.1) is 24.2 Å². The molecule has 0 atom stereocenters. The van der Waals surface area contributed by atoms with Gasteiger partial charge in [-0.15, -0.1) is 0 Å². The monoisotopic (exact) mass is 414 g/mol. The Morgan fingerprint density at radius 1 is 1.00 bits per heavy atom. The van der Waals surface area contributed by atoms with Gasteiger partial charge < -0.3 is 14.6 Å². The standard InChI is InChI=1S/C25H26N4O2/c1-19-8-2-5-11-23(19)31-17-7-6-16-29-22-10-4-3-9-21(22)28-24(29)18-27-25(30)20-12-14-26-15-13-20/h2-5,8-15H,6-7,16-18H2,1H3,(H,27,30). The molecular formula is C25H26N4O2. The zero-order chi connectivity index (χ0) is 21.5. The quantitative estimate of drug-likeness (QED) is 0.409. The minimum absolute atomic E-state index is 0.132. The van der Waals surface area contributed by atoms with Gasteiger partial charge in [-0.05, 0) is 55.7 Å². The molecule has 0 bridgehead atoms. The summed E-state index contributed by atoms with van der Waals surface area (Å²) in [7, 11) is 0. The van der Waals surface area contributed by atoms with Gasteiger partial charge in [-0.25, -0.2) is 4.98 Å². The van der Waals surface area contributed by atoms with E-state index in [0.717, 1.165) is 47.6 Å². The smallest absolute Gasteiger partial charge is 0.251 e. The Morgan fingerprint density at radius 2 is 1.77 bits per heavy atom. The number of hydrogen-bond acceptors (Lipinski definition) is 4. The van der Waals surface area contributed by atoms with Crippen LogP contribution in [0.25, 0.3) is 11.0 Å². The number of para-hydroxylation sites is 3. The average molecular weight is 415 g/mol. The Labute approximate surface area is 181 Å². The van der Waals surface area contributed by atoms with Crippen molar-refractivity contribution in [2.24, 2.45) is 0 Å². The van der Waals surface area contributed by atoms with Crippen LogP contribution in [0.2, 0.25) is 0 Å². The van der Waals surface area contributed by atoms with Crippen molar-refractivity contribution in [2.45, 2.75) is 32.9 Å². The molecular weight excluding hydrogens is 388 g/mol. The number of nitrogens with one attached hydrogen (secondary N) is 1. The fourth-order valence-electron chi connectivity index (χ4n) is 3.55. The van der Waals surface area contributed by atoms with Crippen molar-refractivity contribution >= 4 is 16.9 Å². The van der Waals surface area contributed by atoms with Gasteiger partial charge in [-0.1, -0.05) is 30.3 Å². The van der Waals surface area contributed by atoms with Gasteiger partial charge in [0.15, 0.2) is 0 Å². The molecule has 2 aromatic carbocycles. The number of unbranched alkanes of at least 4 members (excludes halogenated alkanes) is 1. The first-order valence-corrected chi connectivity index (χ1v) is 10.5. The van der Waals surface area contributed by atoms with E-state index >= 15 is 0 Å². The number of pyridine rings is 1. The molecule has 6 heteroatoms. The number of rotatable bonds is 9. The molecule has 158 valence electrons. The van der Waals surface area contributed by atoms with Crippen molar-refractivity contribution in [1.29, 1.82) is 0 Å². The van der Waals surface area contributed by atoms with E-state index in [1.807, 2.05) is 36.4 Å². The lowest BCUT2D eigenvalue weighted by Gasteiger charge is -2.11. The molecule has 0 saturated heterocycles. The highest BCUT2D eigenvalue weighted by Crippen LogP contribution is 2.19.